The lowest BCUT2D eigenvalue weighted by molar-refractivity contribution is -0.135. The molecule has 130 valence electrons. The Morgan fingerprint density at radius 3 is 2.57 bits per heavy atom. The molecule has 0 aliphatic carbocycles. The molecule has 2 heterocycles. The van der Waals surface area contributed by atoms with Crippen LogP contribution in [0.1, 0.15) is 37.7 Å². The minimum Gasteiger partial charge on any atom is -0.481 e. The van der Waals surface area contributed by atoms with Gasteiger partial charge in [-0.2, -0.15) is 16.9 Å². The molecular weight excluding hydrogens is 316 g/mol. The number of aromatic amines is 1. The van der Waals surface area contributed by atoms with Crippen molar-refractivity contribution in [2.24, 2.45) is 5.73 Å². The Labute approximate surface area is 141 Å². The Hall–Kier alpha value is -1.54. The molecule has 8 heteroatoms. The molecule has 4 N–H and O–H groups in total. The molecule has 1 aromatic heterocycles. The zero-order valence-corrected chi connectivity index (χ0v) is 15.2. The average Bonchev–Trinajstić information content (AvgIpc) is 2.86. The lowest BCUT2D eigenvalue weighted by Gasteiger charge is -2.35. The number of nitrogens with two attached hydrogens (primary N) is 1. The smallest absolute Gasteiger partial charge is 0.300 e. The van der Waals surface area contributed by atoms with Gasteiger partial charge in [-0.3, -0.25) is 14.7 Å². The first kappa shape index (κ1) is 19.5. The summed E-state index contributed by atoms with van der Waals surface area (Å²) < 4.78 is -0.247. The molecule has 0 saturated heterocycles. The maximum atomic E-state index is 12.5. The van der Waals surface area contributed by atoms with Gasteiger partial charge in [-0.25, -0.2) is 0 Å². The van der Waals surface area contributed by atoms with E-state index in [1.165, 1.54) is 0 Å². The third-order valence-electron chi connectivity index (χ3n) is 3.98. The number of carbonyl (C=O) groups excluding carboxylic acids is 1. The largest absolute Gasteiger partial charge is 0.481 e. The summed E-state index contributed by atoms with van der Waals surface area (Å²) >= 11 is 1.63. The highest BCUT2D eigenvalue weighted by atomic mass is 32.2. The third-order valence-corrected chi connectivity index (χ3v) is 5.29. The second-order valence-corrected chi connectivity index (χ2v) is 7.55. The number of carbonyl (C=O) groups is 2. The second kappa shape index (κ2) is 7.83. The molecule has 7 nitrogen and oxygen atoms in total. The average molecular weight is 342 g/mol. The first-order valence-electron chi connectivity index (χ1n) is 7.42. The van der Waals surface area contributed by atoms with Crippen LogP contribution >= 0.6 is 11.8 Å². The number of nitrogens with zero attached hydrogens (tertiary/aromatic N) is 2. The summed E-state index contributed by atoms with van der Waals surface area (Å²) in [5.74, 6) is -0.800. The Balaban J connectivity index is 0.000000593. The molecule has 0 radical (unpaired) electrons. The Bertz CT molecular complexity index is 567. The van der Waals surface area contributed by atoms with Crippen molar-refractivity contribution in [2.75, 3.05) is 12.8 Å². The number of nitrogens with one attached hydrogen (secondary N) is 1. The van der Waals surface area contributed by atoms with E-state index >= 15 is 0 Å². The summed E-state index contributed by atoms with van der Waals surface area (Å²) in [5.41, 5.74) is 9.41. The highest BCUT2D eigenvalue weighted by Gasteiger charge is 2.35. The van der Waals surface area contributed by atoms with Crippen molar-refractivity contribution in [3.05, 3.63) is 17.0 Å². The van der Waals surface area contributed by atoms with Crippen LogP contribution in [-0.4, -0.2) is 55.7 Å². The van der Waals surface area contributed by atoms with E-state index in [4.69, 9.17) is 15.6 Å². The van der Waals surface area contributed by atoms with Gasteiger partial charge in [-0.15, -0.1) is 0 Å². The topological polar surface area (TPSA) is 112 Å². The van der Waals surface area contributed by atoms with E-state index in [9.17, 15) is 4.79 Å². The number of thioether (sulfide) groups is 1. The summed E-state index contributed by atoms with van der Waals surface area (Å²) in [6.45, 7) is 8.42. The van der Waals surface area contributed by atoms with Gasteiger partial charge in [0.1, 0.15) is 0 Å². The number of aliphatic carboxylic acids is 1. The van der Waals surface area contributed by atoms with Crippen LogP contribution in [-0.2, 0) is 22.6 Å². The first-order chi connectivity index (χ1) is 10.6. The number of amides is 1. The van der Waals surface area contributed by atoms with Crippen molar-refractivity contribution >= 4 is 23.6 Å². The first-order valence-corrected chi connectivity index (χ1v) is 8.64. The highest BCUT2D eigenvalue weighted by Crippen LogP contribution is 2.27. The normalized spacial score (nSPS) is 15.3. The molecule has 0 spiro atoms. The van der Waals surface area contributed by atoms with Crippen molar-refractivity contribution in [1.82, 2.24) is 15.1 Å². The number of carboxylic acids is 1. The molecule has 23 heavy (non-hydrogen) atoms. The van der Waals surface area contributed by atoms with Gasteiger partial charge >= 0.3 is 0 Å². The molecule has 0 unspecified atom stereocenters. The van der Waals surface area contributed by atoms with E-state index < -0.39 is 12.0 Å². The summed E-state index contributed by atoms with van der Waals surface area (Å²) in [4.78, 5) is 23.4. The molecule has 2 rings (SSSR count). The number of aryl methyl sites for hydroxylation is 1. The number of fused-ring (bicyclic) bond motifs is 1. The van der Waals surface area contributed by atoms with Gasteiger partial charge < -0.3 is 15.7 Å². The van der Waals surface area contributed by atoms with E-state index in [0.717, 1.165) is 30.3 Å². The lowest BCUT2D eigenvalue weighted by atomic mass is 10.00. The maximum absolute atomic E-state index is 12.5. The fraction of sp³-hybridized carbons (Fsp3) is 0.667. The standard InChI is InChI=1S/C13H22N4OS.C2H4O2/c1-8-9-7-17(6-5-10(9)16-15-8)12(18)11(14)13(2,3)19-4;1-2(3)4/h11H,5-7,14H2,1-4H3,(H,15,16);1H3,(H,3,4)/t11-;/m1./s1. The minimum atomic E-state index is -0.833. The number of carboxylic acid groups (broad SMARTS) is 1. The van der Waals surface area contributed by atoms with E-state index in [-0.39, 0.29) is 10.7 Å². The van der Waals surface area contributed by atoms with Crippen molar-refractivity contribution in [1.29, 1.82) is 0 Å². The predicted molar refractivity (Wildman–Crippen MR) is 91.3 cm³/mol. The van der Waals surface area contributed by atoms with Crippen LogP contribution in [0.4, 0.5) is 0 Å². The van der Waals surface area contributed by atoms with Crippen LogP contribution in [0.3, 0.4) is 0 Å². The minimum absolute atomic E-state index is 0.0330. The molecule has 1 atom stereocenters. The Kier molecular flexibility index (Phi) is 6.64. The fourth-order valence-electron chi connectivity index (χ4n) is 2.24. The Morgan fingerprint density at radius 2 is 2.04 bits per heavy atom. The van der Waals surface area contributed by atoms with Crippen molar-refractivity contribution in [3.63, 3.8) is 0 Å². The van der Waals surface area contributed by atoms with Gasteiger partial charge in [-0.1, -0.05) is 0 Å². The summed E-state index contributed by atoms with van der Waals surface area (Å²) in [5, 5.41) is 14.7. The molecule has 0 saturated carbocycles. The van der Waals surface area contributed by atoms with Crippen LogP contribution in [0.15, 0.2) is 0 Å². The van der Waals surface area contributed by atoms with Crippen LogP contribution in [0.25, 0.3) is 0 Å². The zero-order chi connectivity index (χ0) is 17.8. The molecule has 1 aromatic rings. The number of hydrogen-bond acceptors (Lipinski definition) is 5. The number of H-pyrrole nitrogens is 1. The molecule has 1 aliphatic heterocycles. The van der Waals surface area contributed by atoms with Gasteiger partial charge in [0.05, 0.1) is 11.7 Å². The van der Waals surface area contributed by atoms with E-state index in [2.05, 4.69) is 10.2 Å². The third kappa shape index (κ3) is 4.97. The summed E-state index contributed by atoms with van der Waals surface area (Å²) in [6.07, 6.45) is 2.79. The lowest BCUT2D eigenvalue weighted by Crippen LogP contribution is -2.54. The van der Waals surface area contributed by atoms with Crippen molar-refractivity contribution < 1.29 is 14.7 Å². The van der Waals surface area contributed by atoms with Gasteiger partial charge in [0.25, 0.3) is 5.97 Å². The van der Waals surface area contributed by atoms with Gasteiger partial charge in [-0.05, 0) is 27.0 Å². The van der Waals surface area contributed by atoms with Crippen LogP contribution in [0, 0.1) is 6.92 Å². The van der Waals surface area contributed by atoms with Crippen molar-refractivity contribution in [3.8, 4) is 0 Å². The molecular formula is C15H26N4O3S. The number of hydrogen-bond donors (Lipinski definition) is 3. The van der Waals surface area contributed by atoms with Crippen LogP contribution in [0.2, 0.25) is 0 Å². The summed E-state index contributed by atoms with van der Waals surface area (Å²) in [6, 6.07) is -0.476. The number of rotatable bonds is 3. The van der Waals surface area contributed by atoms with Crippen LogP contribution < -0.4 is 5.73 Å². The monoisotopic (exact) mass is 342 g/mol. The fourth-order valence-corrected chi connectivity index (χ4v) is 2.59. The molecule has 0 aromatic carbocycles. The predicted octanol–water partition coefficient (Wildman–Crippen LogP) is 1.16. The second-order valence-electron chi connectivity index (χ2n) is 6.09. The molecule has 1 aliphatic rings. The molecule has 0 bridgehead atoms. The van der Waals surface area contributed by atoms with Crippen LogP contribution in [0.5, 0.6) is 0 Å². The Morgan fingerprint density at radius 1 is 1.48 bits per heavy atom. The van der Waals surface area contributed by atoms with Gasteiger partial charge in [0.2, 0.25) is 5.91 Å². The van der Waals surface area contributed by atoms with Crippen molar-refractivity contribution in [2.45, 2.75) is 51.4 Å². The van der Waals surface area contributed by atoms with Gasteiger partial charge in [0, 0.05) is 42.4 Å². The summed E-state index contributed by atoms with van der Waals surface area (Å²) in [7, 11) is 0. The van der Waals surface area contributed by atoms with E-state index in [0.29, 0.717) is 13.1 Å². The van der Waals surface area contributed by atoms with E-state index in [1.54, 1.807) is 11.8 Å². The quantitative estimate of drug-likeness (QED) is 0.760. The highest BCUT2D eigenvalue weighted by molar-refractivity contribution is 8.00. The van der Waals surface area contributed by atoms with E-state index in [1.807, 2.05) is 31.9 Å². The zero-order valence-electron chi connectivity index (χ0n) is 14.3. The SMILES string of the molecule is CC(=O)O.CSC(C)(C)[C@H](N)C(=O)N1CCc2n[nH]c(C)c2C1. The number of aromatic nitrogens is 2. The molecule has 1 amide bonds. The maximum Gasteiger partial charge on any atom is 0.300 e. The van der Waals surface area contributed by atoms with Gasteiger partial charge in [0.15, 0.2) is 0 Å². The molecule has 0 fully saturated rings.